The summed E-state index contributed by atoms with van der Waals surface area (Å²) in [4.78, 5) is 4.71. The number of guanidine groups is 1. The predicted molar refractivity (Wildman–Crippen MR) is 115 cm³/mol. The first-order chi connectivity index (χ1) is 12.1. The zero-order valence-electron chi connectivity index (χ0n) is 15.7. The first-order valence-electron chi connectivity index (χ1n) is 9.70. The molecule has 1 aliphatic heterocycles. The normalized spacial score (nSPS) is 27.5. The molecular formula is C20H30IN3O2. The second kappa shape index (κ2) is 8.23. The summed E-state index contributed by atoms with van der Waals surface area (Å²) in [7, 11) is 0. The van der Waals surface area contributed by atoms with Crippen LogP contribution in [0.4, 0.5) is 0 Å². The van der Waals surface area contributed by atoms with Gasteiger partial charge in [-0.05, 0) is 45.2 Å². The molecule has 2 aliphatic carbocycles. The molecule has 0 saturated heterocycles. The highest BCUT2D eigenvalue weighted by molar-refractivity contribution is 14.0. The summed E-state index contributed by atoms with van der Waals surface area (Å²) in [5, 5.41) is 3.38. The Balaban J connectivity index is 0.00000196. The molecule has 1 heterocycles. The Morgan fingerprint density at radius 3 is 2.85 bits per heavy atom. The monoisotopic (exact) mass is 471 g/mol. The van der Waals surface area contributed by atoms with Gasteiger partial charge in [0.2, 0.25) is 0 Å². The zero-order valence-corrected chi connectivity index (χ0v) is 18.0. The molecule has 1 aromatic carbocycles. The lowest BCUT2D eigenvalue weighted by molar-refractivity contribution is 0.254. The van der Waals surface area contributed by atoms with E-state index < -0.39 is 0 Å². The fourth-order valence-electron chi connectivity index (χ4n) is 4.18. The molecule has 0 spiro atoms. The van der Waals surface area contributed by atoms with Crippen molar-refractivity contribution in [3.8, 4) is 11.5 Å². The molecule has 0 aromatic heterocycles. The van der Waals surface area contributed by atoms with Gasteiger partial charge in [-0.2, -0.15) is 0 Å². The number of ether oxygens (including phenoxy) is 2. The number of fused-ring (bicyclic) bond motifs is 1. The van der Waals surface area contributed by atoms with E-state index in [9.17, 15) is 0 Å². The molecule has 144 valence electrons. The third-order valence-electron chi connectivity index (χ3n) is 5.50. The molecule has 26 heavy (non-hydrogen) atoms. The number of halogens is 1. The van der Waals surface area contributed by atoms with Gasteiger partial charge in [0, 0.05) is 29.5 Å². The van der Waals surface area contributed by atoms with E-state index in [1.807, 2.05) is 6.92 Å². The molecule has 2 fully saturated rings. The molecule has 0 radical (unpaired) electrons. The minimum atomic E-state index is 0. The van der Waals surface area contributed by atoms with Gasteiger partial charge in [0.25, 0.3) is 0 Å². The fraction of sp³-hybridized carbons (Fsp3) is 0.650. The van der Waals surface area contributed by atoms with Crippen molar-refractivity contribution in [2.75, 3.05) is 6.61 Å². The number of nitrogens with one attached hydrogen (secondary N) is 1. The highest BCUT2D eigenvalue weighted by Crippen LogP contribution is 2.49. The van der Waals surface area contributed by atoms with Gasteiger partial charge in [0.05, 0.1) is 12.6 Å². The van der Waals surface area contributed by atoms with Crippen molar-refractivity contribution < 1.29 is 9.47 Å². The van der Waals surface area contributed by atoms with Gasteiger partial charge in [-0.15, -0.1) is 24.0 Å². The van der Waals surface area contributed by atoms with Gasteiger partial charge in [0.1, 0.15) is 17.6 Å². The molecule has 4 rings (SSSR count). The van der Waals surface area contributed by atoms with Crippen molar-refractivity contribution >= 4 is 29.9 Å². The number of nitrogens with two attached hydrogens (primary N) is 1. The van der Waals surface area contributed by atoms with Gasteiger partial charge < -0.3 is 20.5 Å². The zero-order chi connectivity index (χ0) is 17.4. The average molecular weight is 471 g/mol. The van der Waals surface area contributed by atoms with E-state index in [0.717, 1.165) is 24.3 Å². The Morgan fingerprint density at radius 1 is 1.35 bits per heavy atom. The summed E-state index contributed by atoms with van der Waals surface area (Å²) < 4.78 is 11.8. The van der Waals surface area contributed by atoms with Crippen LogP contribution in [0.3, 0.4) is 0 Å². The van der Waals surface area contributed by atoms with Crippen molar-refractivity contribution in [3.05, 3.63) is 23.3 Å². The number of rotatable bonds is 5. The summed E-state index contributed by atoms with van der Waals surface area (Å²) in [5.74, 6) is 2.99. The Bertz CT molecular complexity index is 673. The second-order valence-electron chi connectivity index (χ2n) is 7.61. The van der Waals surface area contributed by atoms with E-state index in [1.165, 1.54) is 36.8 Å². The van der Waals surface area contributed by atoms with Crippen LogP contribution in [0.25, 0.3) is 0 Å². The van der Waals surface area contributed by atoms with Crippen LogP contribution in [0.15, 0.2) is 17.1 Å². The second-order valence-corrected chi connectivity index (χ2v) is 7.61. The Hall–Kier alpha value is -1.18. The van der Waals surface area contributed by atoms with Gasteiger partial charge in [-0.1, -0.05) is 12.8 Å². The van der Waals surface area contributed by atoms with Crippen LogP contribution in [0.1, 0.15) is 63.0 Å². The van der Waals surface area contributed by atoms with E-state index in [1.54, 1.807) is 0 Å². The molecule has 0 amide bonds. The molecule has 0 bridgehead atoms. The summed E-state index contributed by atoms with van der Waals surface area (Å²) in [6.07, 6.45) is 7.24. The van der Waals surface area contributed by atoms with Gasteiger partial charge in [-0.3, -0.25) is 0 Å². The topological polar surface area (TPSA) is 68.9 Å². The first-order valence-corrected chi connectivity index (χ1v) is 9.70. The minimum absolute atomic E-state index is 0. The lowest BCUT2D eigenvalue weighted by atomic mass is 10.0. The number of nitrogens with zero attached hydrogens (tertiary/aromatic N) is 1. The number of aliphatic imine (C=N–C) groups is 1. The van der Waals surface area contributed by atoms with Crippen molar-refractivity contribution in [1.82, 2.24) is 5.32 Å². The summed E-state index contributed by atoms with van der Waals surface area (Å²) >= 11 is 0. The SMILES string of the molecule is CCOc1cc2c(cc1C1CC1N=C(N)NC1CCCC1)OC(C)C2.I. The van der Waals surface area contributed by atoms with Crippen LogP contribution >= 0.6 is 24.0 Å². The predicted octanol–water partition coefficient (Wildman–Crippen LogP) is 3.73. The van der Waals surface area contributed by atoms with Crippen LogP contribution in [0.5, 0.6) is 11.5 Å². The van der Waals surface area contributed by atoms with Crippen molar-refractivity contribution in [1.29, 1.82) is 0 Å². The van der Waals surface area contributed by atoms with E-state index in [0.29, 0.717) is 24.5 Å². The van der Waals surface area contributed by atoms with Crippen molar-refractivity contribution in [2.45, 2.75) is 76.5 Å². The van der Waals surface area contributed by atoms with E-state index in [-0.39, 0.29) is 36.1 Å². The highest BCUT2D eigenvalue weighted by Gasteiger charge is 2.41. The van der Waals surface area contributed by atoms with Gasteiger partial charge in [0.15, 0.2) is 5.96 Å². The average Bonchev–Trinajstić information content (AvgIpc) is 2.96. The molecule has 5 nitrogen and oxygen atoms in total. The maximum absolute atomic E-state index is 6.12. The number of hydrogen-bond acceptors (Lipinski definition) is 3. The van der Waals surface area contributed by atoms with E-state index in [2.05, 4.69) is 24.4 Å². The van der Waals surface area contributed by atoms with Crippen molar-refractivity contribution in [3.63, 3.8) is 0 Å². The minimum Gasteiger partial charge on any atom is -0.494 e. The van der Waals surface area contributed by atoms with Crippen LogP contribution in [0, 0.1) is 0 Å². The van der Waals surface area contributed by atoms with Gasteiger partial charge >= 0.3 is 0 Å². The van der Waals surface area contributed by atoms with E-state index in [4.69, 9.17) is 20.2 Å². The molecular weight excluding hydrogens is 441 g/mol. The molecule has 6 heteroatoms. The molecule has 1 aromatic rings. The maximum atomic E-state index is 6.12. The molecule has 2 saturated carbocycles. The molecule has 3 aliphatic rings. The van der Waals surface area contributed by atoms with Gasteiger partial charge in [-0.25, -0.2) is 4.99 Å². The lowest BCUT2D eigenvalue weighted by Gasteiger charge is -2.13. The summed E-state index contributed by atoms with van der Waals surface area (Å²) in [6, 6.07) is 5.10. The Labute approximate surface area is 173 Å². The summed E-state index contributed by atoms with van der Waals surface area (Å²) in [6.45, 7) is 4.82. The van der Waals surface area contributed by atoms with Crippen LogP contribution in [-0.2, 0) is 6.42 Å². The Kier molecular flexibility index (Phi) is 6.20. The molecule has 3 N–H and O–H groups in total. The van der Waals surface area contributed by atoms with Crippen molar-refractivity contribution in [2.24, 2.45) is 10.7 Å². The lowest BCUT2D eigenvalue weighted by Crippen LogP contribution is -2.38. The number of benzene rings is 1. The maximum Gasteiger partial charge on any atom is 0.189 e. The molecule has 3 atom stereocenters. The largest absolute Gasteiger partial charge is 0.494 e. The Morgan fingerprint density at radius 2 is 2.12 bits per heavy atom. The standard InChI is InChI=1S/C20H29N3O2.HI/c1-3-24-19-9-13-8-12(2)25-18(13)11-16(19)15-10-17(15)23-20(21)22-14-6-4-5-7-14;/h9,11-12,14-15,17H,3-8,10H2,1-2H3,(H3,21,22,23);1H. The number of hydrogen-bond donors (Lipinski definition) is 2. The van der Waals surface area contributed by atoms with Crippen LogP contribution in [-0.4, -0.2) is 30.8 Å². The van der Waals surface area contributed by atoms with Crippen LogP contribution in [0.2, 0.25) is 0 Å². The smallest absolute Gasteiger partial charge is 0.189 e. The third kappa shape index (κ3) is 4.21. The third-order valence-corrected chi connectivity index (χ3v) is 5.50. The fourth-order valence-corrected chi connectivity index (χ4v) is 4.18. The highest BCUT2D eigenvalue weighted by atomic mass is 127. The first kappa shape index (κ1) is 19.6. The molecule has 3 unspecified atom stereocenters. The summed E-state index contributed by atoms with van der Waals surface area (Å²) in [5.41, 5.74) is 8.59. The quantitative estimate of drug-likeness (QED) is 0.390. The van der Waals surface area contributed by atoms with Crippen LogP contribution < -0.4 is 20.5 Å². The van der Waals surface area contributed by atoms with E-state index >= 15 is 0 Å².